The molecule has 1 N–H and O–H groups in total. The van der Waals surface area contributed by atoms with Gasteiger partial charge >= 0.3 is 0 Å². The van der Waals surface area contributed by atoms with Crippen LogP contribution >= 0.6 is 11.6 Å². The summed E-state index contributed by atoms with van der Waals surface area (Å²) in [5.74, 6) is 0.261. The van der Waals surface area contributed by atoms with Gasteiger partial charge in [0.15, 0.2) is 0 Å². The fourth-order valence-corrected chi connectivity index (χ4v) is 4.88. The van der Waals surface area contributed by atoms with E-state index >= 15 is 0 Å². The van der Waals surface area contributed by atoms with Crippen molar-refractivity contribution < 1.29 is 13.5 Å². The van der Waals surface area contributed by atoms with E-state index in [0.717, 1.165) is 12.8 Å². The number of rotatable bonds is 6. The van der Waals surface area contributed by atoms with Crippen molar-refractivity contribution in [1.82, 2.24) is 4.31 Å². The van der Waals surface area contributed by atoms with Gasteiger partial charge < -0.3 is 5.11 Å². The molecule has 0 amide bonds. The number of nitrogens with zero attached hydrogens (tertiary/aromatic N) is 1. The van der Waals surface area contributed by atoms with E-state index in [9.17, 15) is 13.5 Å². The maximum atomic E-state index is 13.0. The Morgan fingerprint density at radius 1 is 1.38 bits per heavy atom. The lowest BCUT2D eigenvalue weighted by molar-refractivity contribution is 0.280. The normalized spacial score (nSPS) is 16.0. The molecule has 1 aromatic rings. The van der Waals surface area contributed by atoms with E-state index in [-0.39, 0.29) is 23.5 Å². The minimum atomic E-state index is -3.58. The van der Waals surface area contributed by atoms with Crippen molar-refractivity contribution in [3.05, 3.63) is 28.3 Å². The summed E-state index contributed by atoms with van der Waals surface area (Å²) in [7, 11) is -3.58. The molecule has 0 unspecified atom stereocenters. The lowest BCUT2D eigenvalue weighted by atomic mass is 10.1. The zero-order valence-electron chi connectivity index (χ0n) is 12.6. The SMILES string of the molecule is Cc1c(CO)cc(Cl)cc1S(=O)(=O)N(CC(C)C)C1CC1. The molecule has 0 bridgehead atoms. The number of benzene rings is 1. The van der Waals surface area contributed by atoms with Gasteiger partial charge in [0.05, 0.1) is 11.5 Å². The molecule has 0 heterocycles. The maximum Gasteiger partial charge on any atom is 0.243 e. The van der Waals surface area contributed by atoms with Crippen molar-refractivity contribution in [2.45, 2.75) is 51.2 Å². The molecular weight excluding hydrogens is 310 g/mol. The van der Waals surface area contributed by atoms with E-state index < -0.39 is 10.0 Å². The molecule has 21 heavy (non-hydrogen) atoms. The third-order valence-electron chi connectivity index (χ3n) is 3.69. The number of halogens is 1. The van der Waals surface area contributed by atoms with Gasteiger partial charge in [-0.2, -0.15) is 4.31 Å². The molecule has 1 saturated carbocycles. The molecule has 0 aromatic heterocycles. The standard InChI is InChI=1S/C15H22ClNO3S/c1-10(2)8-17(14-4-5-14)21(19,20)15-7-13(16)6-12(9-18)11(15)3/h6-7,10,14,18H,4-5,8-9H2,1-3H3. The summed E-state index contributed by atoms with van der Waals surface area (Å²) in [5, 5.41) is 9.71. The Hall–Kier alpha value is -0.620. The molecule has 0 aliphatic heterocycles. The second-order valence-corrected chi connectivity index (χ2v) is 8.34. The first-order valence-corrected chi connectivity index (χ1v) is 9.01. The Labute approximate surface area is 131 Å². The first-order valence-electron chi connectivity index (χ1n) is 7.19. The minimum Gasteiger partial charge on any atom is -0.392 e. The van der Waals surface area contributed by atoms with Gasteiger partial charge in [0.1, 0.15) is 0 Å². The maximum absolute atomic E-state index is 13.0. The first-order chi connectivity index (χ1) is 9.77. The fraction of sp³-hybridized carbons (Fsp3) is 0.600. The van der Waals surface area contributed by atoms with Crippen LogP contribution in [-0.2, 0) is 16.6 Å². The summed E-state index contributed by atoms with van der Waals surface area (Å²) in [4.78, 5) is 0.214. The lowest BCUT2D eigenvalue weighted by Gasteiger charge is -2.25. The van der Waals surface area contributed by atoms with Crippen LogP contribution in [0.15, 0.2) is 17.0 Å². The van der Waals surface area contributed by atoms with Crippen LogP contribution in [0, 0.1) is 12.8 Å². The van der Waals surface area contributed by atoms with Crippen LogP contribution in [0.2, 0.25) is 5.02 Å². The second-order valence-electron chi connectivity index (χ2n) is 6.05. The summed E-state index contributed by atoms with van der Waals surface area (Å²) < 4.78 is 27.5. The van der Waals surface area contributed by atoms with Crippen molar-refractivity contribution in [2.75, 3.05) is 6.54 Å². The number of aliphatic hydroxyl groups is 1. The zero-order chi connectivity index (χ0) is 15.8. The molecule has 0 atom stereocenters. The Morgan fingerprint density at radius 2 is 2.00 bits per heavy atom. The minimum absolute atomic E-state index is 0.105. The molecule has 6 heteroatoms. The van der Waals surface area contributed by atoms with Crippen molar-refractivity contribution in [3.8, 4) is 0 Å². The van der Waals surface area contributed by atoms with E-state index in [4.69, 9.17) is 11.6 Å². The van der Waals surface area contributed by atoms with Gasteiger partial charge in [-0.15, -0.1) is 0 Å². The van der Waals surface area contributed by atoms with E-state index in [2.05, 4.69) is 0 Å². The van der Waals surface area contributed by atoms with Gasteiger partial charge in [0.25, 0.3) is 0 Å². The molecule has 0 saturated heterocycles. The van der Waals surface area contributed by atoms with Gasteiger partial charge in [0, 0.05) is 17.6 Å². The van der Waals surface area contributed by atoms with Crippen LogP contribution in [0.25, 0.3) is 0 Å². The molecule has 1 aromatic carbocycles. The number of hydrogen-bond donors (Lipinski definition) is 1. The predicted molar refractivity (Wildman–Crippen MR) is 83.9 cm³/mol. The van der Waals surface area contributed by atoms with Crippen molar-refractivity contribution in [2.24, 2.45) is 5.92 Å². The van der Waals surface area contributed by atoms with Crippen LogP contribution in [0.5, 0.6) is 0 Å². The average Bonchev–Trinajstić information content (AvgIpc) is 3.22. The monoisotopic (exact) mass is 331 g/mol. The van der Waals surface area contributed by atoms with Crippen LogP contribution < -0.4 is 0 Å². The van der Waals surface area contributed by atoms with E-state index in [1.54, 1.807) is 17.3 Å². The van der Waals surface area contributed by atoms with Crippen LogP contribution in [0.3, 0.4) is 0 Å². The summed E-state index contributed by atoms with van der Waals surface area (Å²) in [6.07, 6.45) is 1.83. The number of aliphatic hydroxyl groups excluding tert-OH is 1. The van der Waals surface area contributed by atoms with Crippen molar-refractivity contribution in [1.29, 1.82) is 0 Å². The van der Waals surface area contributed by atoms with Crippen molar-refractivity contribution in [3.63, 3.8) is 0 Å². The largest absolute Gasteiger partial charge is 0.392 e. The van der Waals surface area contributed by atoms with Crippen LogP contribution in [0.4, 0.5) is 0 Å². The molecule has 0 radical (unpaired) electrons. The summed E-state index contributed by atoms with van der Waals surface area (Å²) in [5.41, 5.74) is 1.14. The van der Waals surface area contributed by atoms with E-state index in [1.807, 2.05) is 13.8 Å². The Morgan fingerprint density at radius 3 is 2.48 bits per heavy atom. The van der Waals surface area contributed by atoms with E-state index in [1.165, 1.54) is 6.07 Å². The van der Waals surface area contributed by atoms with Crippen LogP contribution in [0.1, 0.15) is 37.8 Å². The fourth-order valence-electron chi connectivity index (χ4n) is 2.43. The van der Waals surface area contributed by atoms with E-state index in [0.29, 0.717) is 22.7 Å². The third kappa shape index (κ3) is 3.59. The van der Waals surface area contributed by atoms with Gasteiger partial charge in [0.2, 0.25) is 10.0 Å². The Bertz CT molecular complexity index is 624. The quantitative estimate of drug-likeness (QED) is 0.872. The topological polar surface area (TPSA) is 57.6 Å². The highest BCUT2D eigenvalue weighted by molar-refractivity contribution is 7.89. The number of hydrogen-bond acceptors (Lipinski definition) is 3. The molecule has 118 valence electrons. The molecule has 0 spiro atoms. The Balaban J connectivity index is 2.49. The lowest BCUT2D eigenvalue weighted by Crippen LogP contribution is -2.36. The first kappa shape index (κ1) is 16.7. The highest BCUT2D eigenvalue weighted by atomic mass is 35.5. The van der Waals surface area contributed by atoms with Gasteiger partial charge in [-0.3, -0.25) is 0 Å². The average molecular weight is 332 g/mol. The molecular formula is C15H22ClNO3S. The van der Waals surface area contributed by atoms with Crippen LogP contribution in [-0.4, -0.2) is 30.4 Å². The van der Waals surface area contributed by atoms with Gasteiger partial charge in [-0.25, -0.2) is 8.42 Å². The molecule has 2 rings (SSSR count). The Kier molecular flexibility index (Phi) is 4.98. The summed E-state index contributed by atoms with van der Waals surface area (Å²) >= 11 is 6.02. The van der Waals surface area contributed by atoms with Crippen molar-refractivity contribution >= 4 is 21.6 Å². The molecule has 1 aliphatic rings. The molecule has 1 fully saturated rings. The molecule has 4 nitrogen and oxygen atoms in total. The smallest absolute Gasteiger partial charge is 0.243 e. The summed E-state index contributed by atoms with van der Waals surface area (Å²) in [6, 6.07) is 3.20. The summed E-state index contributed by atoms with van der Waals surface area (Å²) in [6.45, 7) is 6.02. The number of sulfonamides is 1. The zero-order valence-corrected chi connectivity index (χ0v) is 14.2. The molecule has 1 aliphatic carbocycles. The third-order valence-corrected chi connectivity index (χ3v) is 5.95. The van der Waals surface area contributed by atoms with Gasteiger partial charge in [-0.05, 0) is 48.9 Å². The predicted octanol–water partition coefficient (Wildman–Crippen LogP) is 2.95. The van der Waals surface area contributed by atoms with Gasteiger partial charge in [-0.1, -0.05) is 25.4 Å². The highest BCUT2D eigenvalue weighted by Crippen LogP contribution is 2.35. The highest BCUT2D eigenvalue weighted by Gasteiger charge is 2.39. The second kappa shape index (κ2) is 6.24.